The number of ether oxygens (including phenoxy) is 4. The van der Waals surface area contributed by atoms with Gasteiger partial charge in [-0.25, -0.2) is 9.59 Å². The molecule has 7 saturated carbocycles. The molecular formula is C125H176N8O6. The first kappa shape index (κ1) is 106. The Balaban J connectivity index is 0.000000156. The smallest absolute Gasteiger partial charge is 0.343 e. The third-order valence-corrected chi connectivity index (χ3v) is 33.2. The van der Waals surface area contributed by atoms with Crippen molar-refractivity contribution < 1.29 is 28.5 Å². The van der Waals surface area contributed by atoms with Crippen LogP contribution in [0.3, 0.4) is 0 Å². The van der Waals surface area contributed by atoms with E-state index in [1.54, 1.807) is 60.7 Å². The van der Waals surface area contributed by atoms with Crippen LogP contribution in [-0.2, 0) is 4.74 Å². The first-order chi connectivity index (χ1) is 67.7. The highest BCUT2D eigenvalue weighted by Crippen LogP contribution is 2.50. The molecule has 14 nitrogen and oxygen atoms in total. The molecule has 0 aliphatic heterocycles. The number of anilines is 8. The first-order valence-electron chi connectivity index (χ1n) is 55.7. The summed E-state index contributed by atoms with van der Waals surface area (Å²) >= 11 is 0. The lowest BCUT2D eigenvalue weighted by atomic mass is 9.65. The molecule has 0 atom stereocenters. The van der Waals surface area contributed by atoms with Crippen LogP contribution >= 0.6 is 0 Å². The molecule has 0 radical (unpaired) electrons. The highest BCUT2D eigenvalue weighted by Gasteiger charge is 2.37. The van der Waals surface area contributed by atoms with E-state index in [1.807, 2.05) is 48.5 Å². The Morgan fingerprint density at radius 2 is 0.518 bits per heavy atom. The maximum absolute atomic E-state index is 12.6. The Hall–Kier alpha value is -10.1. The minimum atomic E-state index is -0.474. The molecular weight excluding hydrogens is 1710 g/mol. The van der Waals surface area contributed by atoms with Gasteiger partial charge in [-0.2, -0.15) is 0 Å². The summed E-state index contributed by atoms with van der Waals surface area (Å²) in [7, 11) is 0. The van der Waals surface area contributed by atoms with E-state index in [4.69, 9.17) is 64.8 Å². The fraction of sp³-hybridized carbons (Fsp3) is 0.552. The van der Waals surface area contributed by atoms with Gasteiger partial charge in [-0.1, -0.05) is 286 Å². The SMILES string of the molecule is CCCCCC1CCC(C2CCC(c3ccc(Oc4ccc(N)cc4N)cc3)CC2)CC1.CCCCCCCC1CCC(C2CCC(C3CCC(OC(=O)c4cc(N)cc(N)c4)CC3)CC2)CC1.CCCCCCCC1CCC(c2ccc(-c3ccc(Oc4cc(N)cc(N)c4)cc3)cc2)CC1.CCCCCCCCC1CCC(c2ccc(-c3ccc(OC(=O)c4cc(N)cc(N)c4)cc3)cc2)CC1. The molecule has 7 aliphatic carbocycles. The third-order valence-electron chi connectivity index (χ3n) is 33.2. The Morgan fingerprint density at radius 3 is 0.892 bits per heavy atom. The quantitative estimate of drug-likeness (QED) is 0.00770. The monoisotopic (exact) mass is 1890 g/mol. The summed E-state index contributed by atoms with van der Waals surface area (Å²) in [5.41, 5.74) is 61.0. The van der Waals surface area contributed by atoms with Crippen molar-refractivity contribution in [1.82, 2.24) is 0 Å². The van der Waals surface area contributed by atoms with E-state index in [9.17, 15) is 9.59 Å². The van der Waals surface area contributed by atoms with Crippen LogP contribution in [-0.4, -0.2) is 18.0 Å². The second-order valence-electron chi connectivity index (χ2n) is 43.5. The van der Waals surface area contributed by atoms with E-state index < -0.39 is 5.97 Å². The number of esters is 2. The van der Waals surface area contributed by atoms with Crippen LogP contribution in [0.2, 0.25) is 0 Å². The Kier molecular flexibility index (Phi) is 43.2. The summed E-state index contributed by atoms with van der Waals surface area (Å²) in [5, 5.41) is 0. The number of benzene rings is 9. The number of nitrogen functional groups attached to an aromatic ring is 8. The van der Waals surface area contributed by atoms with Gasteiger partial charge in [-0.3, -0.25) is 0 Å². The van der Waals surface area contributed by atoms with Gasteiger partial charge in [0, 0.05) is 51.9 Å². The van der Waals surface area contributed by atoms with Crippen molar-refractivity contribution in [2.75, 3.05) is 45.9 Å². The summed E-state index contributed by atoms with van der Waals surface area (Å²) in [6.45, 7) is 9.19. The van der Waals surface area contributed by atoms with E-state index in [2.05, 4.69) is 113 Å². The topological polar surface area (TPSA) is 279 Å². The molecule has 7 aliphatic rings. The number of carbonyl (C=O) groups excluding carboxylic acids is 2. The number of unbranched alkanes of at least 4 members (excludes halogenated alkanes) is 15. The minimum Gasteiger partial charge on any atom is -0.459 e. The molecule has 9 aromatic carbocycles. The zero-order valence-electron chi connectivity index (χ0n) is 85.7. The molecule has 9 aromatic rings. The highest BCUT2D eigenvalue weighted by atomic mass is 16.5. The number of carbonyl (C=O) groups is 2. The number of nitrogens with two attached hydrogens (primary N) is 8. The summed E-state index contributed by atoms with van der Waals surface area (Å²) < 4.78 is 23.2. The largest absolute Gasteiger partial charge is 0.459 e. The lowest BCUT2D eigenvalue weighted by molar-refractivity contribution is 0.00995. The number of hydrogen-bond donors (Lipinski definition) is 8. The van der Waals surface area contributed by atoms with Gasteiger partial charge in [0.05, 0.1) is 16.8 Å². The molecule has 752 valence electrons. The van der Waals surface area contributed by atoms with Gasteiger partial charge in [0.15, 0.2) is 0 Å². The summed E-state index contributed by atoms with van der Waals surface area (Å²) in [5.74, 6) is 14.4. The third kappa shape index (κ3) is 34.7. The van der Waals surface area contributed by atoms with Crippen LogP contribution in [0.5, 0.6) is 28.7 Å². The molecule has 0 aromatic heterocycles. The van der Waals surface area contributed by atoms with Gasteiger partial charge >= 0.3 is 11.9 Å². The predicted molar refractivity (Wildman–Crippen MR) is 587 cm³/mol. The van der Waals surface area contributed by atoms with E-state index in [-0.39, 0.29) is 12.1 Å². The number of rotatable bonds is 39. The molecule has 139 heavy (non-hydrogen) atoms. The fourth-order valence-corrected chi connectivity index (χ4v) is 24.9. The van der Waals surface area contributed by atoms with Crippen LogP contribution in [0, 0.1) is 59.2 Å². The van der Waals surface area contributed by atoms with Gasteiger partial charge < -0.3 is 64.8 Å². The van der Waals surface area contributed by atoms with Crippen LogP contribution in [0.15, 0.2) is 194 Å². The zero-order valence-corrected chi connectivity index (χ0v) is 85.7. The zero-order chi connectivity index (χ0) is 97.5. The lowest BCUT2D eigenvalue weighted by Gasteiger charge is -2.41. The van der Waals surface area contributed by atoms with E-state index in [0.717, 1.165) is 95.0 Å². The van der Waals surface area contributed by atoms with E-state index in [0.29, 0.717) is 85.7 Å². The molecule has 0 amide bonds. The van der Waals surface area contributed by atoms with Crippen LogP contribution in [0.4, 0.5) is 45.5 Å². The summed E-state index contributed by atoms with van der Waals surface area (Å²) in [6, 6.07) is 63.1. The average Bonchev–Trinajstić information content (AvgIpc) is 0.832. The molecule has 0 spiro atoms. The van der Waals surface area contributed by atoms with Crippen molar-refractivity contribution in [3.63, 3.8) is 0 Å². The first-order valence-corrected chi connectivity index (χ1v) is 55.7. The van der Waals surface area contributed by atoms with E-state index in [1.165, 1.54) is 348 Å². The normalized spacial score (nSPS) is 23.1. The summed E-state index contributed by atoms with van der Waals surface area (Å²) in [4.78, 5) is 25.0. The summed E-state index contributed by atoms with van der Waals surface area (Å²) in [6.07, 6.45) is 71.2. The lowest BCUT2D eigenvalue weighted by Crippen LogP contribution is -2.31. The van der Waals surface area contributed by atoms with Gasteiger partial charge in [0.2, 0.25) is 0 Å². The van der Waals surface area contributed by atoms with Crippen LogP contribution < -0.4 is 60.1 Å². The maximum atomic E-state index is 12.6. The Labute approximate surface area is 837 Å². The van der Waals surface area contributed by atoms with Gasteiger partial charge in [0.1, 0.15) is 34.9 Å². The molecule has 0 heterocycles. The minimum absolute atomic E-state index is 0.0366. The number of hydrogen-bond acceptors (Lipinski definition) is 14. The van der Waals surface area contributed by atoms with Gasteiger partial charge in [0.25, 0.3) is 0 Å². The van der Waals surface area contributed by atoms with Crippen molar-refractivity contribution in [2.45, 2.75) is 379 Å². The maximum Gasteiger partial charge on any atom is 0.343 e. The van der Waals surface area contributed by atoms with Crippen LogP contribution in [0.1, 0.15) is 410 Å². The Bertz CT molecular complexity index is 4980. The highest BCUT2D eigenvalue weighted by molar-refractivity contribution is 5.93. The molecule has 14 heteroatoms. The second-order valence-corrected chi connectivity index (χ2v) is 43.5. The molecule has 16 N–H and O–H groups in total. The Morgan fingerprint density at radius 1 is 0.245 bits per heavy atom. The van der Waals surface area contributed by atoms with Gasteiger partial charge in [-0.05, 0) is 367 Å². The molecule has 0 unspecified atom stereocenters. The molecule has 0 saturated heterocycles. The van der Waals surface area contributed by atoms with Crippen LogP contribution in [0.25, 0.3) is 22.3 Å². The standard InChI is InChI=1S/C33H42N2O2.C32H52N2O2.C31H40N2O.C29H42N2O/c1-2-3-4-5-6-7-8-24-9-11-25(12-10-24)26-13-15-27(16-14-26)28-17-19-32(20-18-28)37-33(36)29-21-30(34)23-31(35)22-29;1-2-3-4-5-6-7-23-8-10-24(11-9-23)25-12-14-26(15-13-25)27-16-18-31(19-17-27)36-32(35)28-20-29(33)22-30(34)21-28;1-2-3-4-5-6-7-23-8-10-24(11-9-23)25-12-14-26(15-13-25)27-16-18-30(19-17-27)34-31-21-28(32)20-29(33)22-31;1-2-3-4-5-21-6-8-22(9-7-21)23-10-12-24(13-11-23)25-14-17-27(18-15-25)32-29-19-16-26(30)20-28(29)31/h13-25H,2-12,34-35H2,1H3;20-27,31H,2-19,33-34H2,1H3;12-24H,2-11,32-33H2,1H3;14-24H,2-13,30-31H2,1H3. The van der Waals surface area contributed by atoms with Crippen molar-refractivity contribution in [3.05, 3.63) is 222 Å². The molecule has 0 bridgehead atoms. The average molecular weight is 1890 g/mol. The van der Waals surface area contributed by atoms with E-state index >= 15 is 0 Å². The molecule has 16 rings (SSSR count). The predicted octanol–water partition coefficient (Wildman–Crippen LogP) is 34.5. The molecule has 7 fully saturated rings. The van der Waals surface area contributed by atoms with Crippen molar-refractivity contribution in [2.24, 2.45) is 59.2 Å². The van der Waals surface area contributed by atoms with Gasteiger partial charge in [-0.15, -0.1) is 0 Å². The second kappa shape index (κ2) is 56.5. The fourth-order valence-electron chi connectivity index (χ4n) is 24.9. The van der Waals surface area contributed by atoms with Crippen molar-refractivity contribution >= 4 is 57.4 Å². The van der Waals surface area contributed by atoms with Crippen molar-refractivity contribution in [1.29, 1.82) is 0 Å². The van der Waals surface area contributed by atoms with Crippen molar-refractivity contribution in [3.8, 4) is 51.0 Å².